The van der Waals surface area contributed by atoms with Gasteiger partial charge in [-0.15, -0.1) is 0 Å². The number of hydrogen-bond acceptors (Lipinski definition) is 6. The molecule has 2 heterocycles. The van der Waals surface area contributed by atoms with Crippen LogP contribution in [0.5, 0.6) is 0 Å². The maximum atomic E-state index is 12.3. The van der Waals surface area contributed by atoms with Gasteiger partial charge in [0.15, 0.2) is 0 Å². The van der Waals surface area contributed by atoms with Crippen molar-refractivity contribution in [1.82, 2.24) is 19.2 Å². The zero-order chi connectivity index (χ0) is 20.4. The van der Waals surface area contributed by atoms with Gasteiger partial charge in [0.2, 0.25) is 15.9 Å². The van der Waals surface area contributed by atoms with E-state index in [0.29, 0.717) is 17.2 Å². The lowest BCUT2D eigenvalue weighted by atomic mass is 10.2. The Morgan fingerprint density at radius 3 is 2.48 bits per heavy atom. The van der Waals surface area contributed by atoms with Crippen molar-refractivity contribution in [2.24, 2.45) is 0 Å². The van der Waals surface area contributed by atoms with E-state index in [2.05, 4.69) is 10.3 Å². The molecule has 0 saturated carbocycles. The van der Waals surface area contributed by atoms with Crippen LogP contribution in [0.2, 0.25) is 0 Å². The summed E-state index contributed by atoms with van der Waals surface area (Å²) in [5, 5.41) is 2.72. The van der Waals surface area contributed by atoms with E-state index >= 15 is 0 Å². The number of carbonyl (C=O) groups excluding carboxylic acids is 1. The van der Waals surface area contributed by atoms with Gasteiger partial charge in [0.1, 0.15) is 12.4 Å². The van der Waals surface area contributed by atoms with Gasteiger partial charge in [0, 0.05) is 38.1 Å². The Morgan fingerprint density at radius 1 is 1.26 bits per heavy atom. The van der Waals surface area contributed by atoms with Crippen LogP contribution >= 0.6 is 0 Å². The number of amides is 1. The smallest absolute Gasteiger partial charge is 0.252 e. The number of anilines is 1. The molecule has 0 radical (unpaired) electrons. The second-order valence-electron chi connectivity index (χ2n) is 6.30. The summed E-state index contributed by atoms with van der Waals surface area (Å²) in [6, 6.07) is 5.81. The minimum Gasteiger partial charge on any atom is -0.384 e. The first-order valence-corrected chi connectivity index (χ1v) is 9.59. The van der Waals surface area contributed by atoms with E-state index < -0.39 is 15.6 Å². The second-order valence-corrected chi connectivity index (χ2v) is 8.45. The number of hydrogen-bond donors (Lipinski definition) is 2. The van der Waals surface area contributed by atoms with Crippen LogP contribution in [0.25, 0.3) is 0 Å². The van der Waals surface area contributed by atoms with Gasteiger partial charge >= 0.3 is 0 Å². The van der Waals surface area contributed by atoms with Crippen molar-refractivity contribution in [3.05, 3.63) is 51.6 Å². The summed E-state index contributed by atoms with van der Waals surface area (Å²) in [5.41, 5.74) is 6.94. The quantitative estimate of drug-likeness (QED) is 0.712. The van der Waals surface area contributed by atoms with Gasteiger partial charge in [-0.3, -0.25) is 9.59 Å². The van der Waals surface area contributed by atoms with Crippen LogP contribution in [-0.2, 0) is 27.9 Å². The number of nitrogen functional groups attached to an aromatic ring is 1. The van der Waals surface area contributed by atoms with Crippen LogP contribution in [0.1, 0.15) is 17.0 Å². The lowest BCUT2D eigenvalue weighted by Gasteiger charge is -2.15. The molecule has 9 nitrogen and oxygen atoms in total. The first kappa shape index (κ1) is 20.6. The molecule has 0 spiro atoms. The molecular formula is C17H23N5O4S. The Hall–Kier alpha value is -2.72. The number of carbonyl (C=O) groups is 1. The third-order valence-electron chi connectivity index (χ3n) is 4.08. The highest BCUT2D eigenvalue weighted by Crippen LogP contribution is 2.12. The van der Waals surface area contributed by atoms with Gasteiger partial charge in [-0.25, -0.2) is 17.7 Å². The molecule has 2 aromatic rings. The molecule has 2 rings (SSSR count). The van der Waals surface area contributed by atoms with E-state index in [1.807, 2.05) is 0 Å². The molecule has 3 N–H and O–H groups in total. The molecule has 0 aliphatic rings. The molecule has 10 heteroatoms. The molecule has 0 unspecified atom stereocenters. The fraction of sp³-hybridized carbons (Fsp3) is 0.353. The molecule has 1 amide bonds. The fourth-order valence-corrected chi connectivity index (χ4v) is 3.44. The summed E-state index contributed by atoms with van der Waals surface area (Å²) < 4.78 is 26.6. The summed E-state index contributed by atoms with van der Waals surface area (Å²) in [6.45, 7) is 3.40. The maximum absolute atomic E-state index is 12.3. The highest BCUT2D eigenvalue weighted by atomic mass is 32.2. The molecule has 2 aromatic heterocycles. The number of sulfonamides is 1. The Labute approximate surface area is 157 Å². The summed E-state index contributed by atoms with van der Waals surface area (Å²) in [7, 11) is -0.946. The summed E-state index contributed by atoms with van der Waals surface area (Å²) in [5.74, 6) is 0.0251. The lowest BCUT2D eigenvalue weighted by Crippen LogP contribution is -2.34. The molecular weight excluding hydrogens is 370 g/mol. The Balaban J connectivity index is 2.15. The predicted molar refractivity (Wildman–Crippen MR) is 102 cm³/mol. The van der Waals surface area contributed by atoms with Crippen molar-refractivity contribution in [3.8, 4) is 0 Å². The van der Waals surface area contributed by atoms with Crippen molar-refractivity contribution in [2.75, 3.05) is 19.8 Å². The molecule has 0 aliphatic heterocycles. The Kier molecular flexibility index (Phi) is 6.01. The highest BCUT2D eigenvalue weighted by molar-refractivity contribution is 7.89. The standard InChI is InChI=1S/C17H23N5O4S/c1-11-7-14(27(25,26)21(3)4)8-17(24)22(11)10-16(23)19-9-13-5-6-15(18)20-12(13)2/h5-8H,9-10H2,1-4H3,(H2,18,20)(H,19,23). The minimum absolute atomic E-state index is 0.102. The van der Waals surface area contributed by atoms with E-state index in [-0.39, 0.29) is 23.9 Å². The number of rotatable bonds is 6. The molecule has 0 fully saturated rings. The van der Waals surface area contributed by atoms with Crippen LogP contribution in [0.4, 0.5) is 5.82 Å². The summed E-state index contributed by atoms with van der Waals surface area (Å²) in [6.07, 6.45) is 0. The Bertz CT molecular complexity index is 1030. The van der Waals surface area contributed by atoms with Crippen LogP contribution in [-0.4, -0.2) is 42.3 Å². The largest absolute Gasteiger partial charge is 0.384 e. The summed E-state index contributed by atoms with van der Waals surface area (Å²) >= 11 is 0. The third kappa shape index (κ3) is 4.72. The number of nitrogens with one attached hydrogen (secondary N) is 1. The molecule has 146 valence electrons. The zero-order valence-corrected chi connectivity index (χ0v) is 16.5. The predicted octanol–water partition coefficient (Wildman–Crippen LogP) is 0.00904. The maximum Gasteiger partial charge on any atom is 0.252 e. The van der Waals surface area contributed by atoms with Gasteiger partial charge < -0.3 is 15.6 Å². The fourth-order valence-electron chi connectivity index (χ4n) is 2.45. The molecule has 0 bridgehead atoms. The normalized spacial score (nSPS) is 11.6. The van der Waals surface area contributed by atoms with Gasteiger partial charge in [-0.1, -0.05) is 6.07 Å². The number of pyridine rings is 2. The average Bonchev–Trinajstić information content (AvgIpc) is 2.57. The van der Waals surface area contributed by atoms with Crippen molar-refractivity contribution >= 4 is 21.7 Å². The van der Waals surface area contributed by atoms with Gasteiger partial charge in [0.25, 0.3) is 5.56 Å². The van der Waals surface area contributed by atoms with Crippen LogP contribution < -0.4 is 16.6 Å². The van der Waals surface area contributed by atoms with Crippen molar-refractivity contribution in [1.29, 1.82) is 0 Å². The van der Waals surface area contributed by atoms with Gasteiger partial charge in [0.05, 0.1) is 4.90 Å². The third-order valence-corrected chi connectivity index (χ3v) is 5.87. The van der Waals surface area contributed by atoms with E-state index in [0.717, 1.165) is 15.9 Å². The first-order valence-electron chi connectivity index (χ1n) is 8.15. The number of aromatic nitrogens is 2. The number of nitrogens with zero attached hydrogens (tertiary/aromatic N) is 3. The minimum atomic E-state index is -3.72. The van der Waals surface area contributed by atoms with E-state index in [9.17, 15) is 18.0 Å². The Morgan fingerprint density at radius 2 is 1.93 bits per heavy atom. The van der Waals surface area contributed by atoms with Crippen LogP contribution in [0.3, 0.4) is 0 Å². The van der Waals surface area contributed by atoms with Crippen molar-refractivity contribution < 1.29 is 13.2 Å². The van der Waals surface area contributed by atoms with Gasteiger partial charge in [-0.05, 0) is 31.5 Å². The molecule has 0 saturated heterocycles. The van der Waals surface area contributed by atoms with Crippen LogP contribution in [0, 0.1) is 13.8 Å². The van der Waals surface area contributed by atoms with Gasteiger partial charge in [-0.2, -0.15) is 0 Å². The van der Waals surface area contributed by atoms with Crippen molar-refractivity contribution in [3.63, 3.8) is 0 Å². The molecule has 0 atom stereocenters. The topological polar surface area (TPSA) is 127 Å². The molecule has 27 heavy (non-hydrogen) atoms. The van der Waals surface area contributed by atoms with E-state index in [1.54, 1.807) is 26.0 Å². The summed E-state index contributed by atoms with van der Waals surface area (Å²) in [4.78, 5) is 28.5. The molecule has 0 aromatic carbocycles. The van der Waals surface area contributed by atoms with E-state index in [1.165, 1.54) is 24.7 Å². The highest BCUT2D eigenvalue weighted by Gasteiger charge is 2.20. The first-order chi connectivity index (χ1) is 12.5. The zero-order valence-electron chi connectivity index (χ0n) is 15.7. The van der Waals surface area contributed by atoms with E-state index in [4.69, 9.17) is 5.73 Å². The molecule has 0 aliphatic carbocycles. The van der Waals surface area contributed by atoms with Crippen molar-refractivity contribution in [2.45, 2.75) is 31.8 Å². The monoisotopic (exact) mass is 393 g/mol. The second kappa shape index (κ2) is 7.89. The number of nitrogens with two attached hydrogens (primary N) is 1. The number of aryl methyl sites for hydroxylation is 2. The average molecular weight is 393 g/mol. The lowest BCUT2D eigenvalue weighted by molar-refractivity contribution is -0.121. The SMILES string of the molecule is Cc1nc(N)ccc1CNC(=O)Cn1c(C)cc(S(=O)(=O)N(C)C)cc1=O. The van der Waals surface area contributed by atoms with Crippen LogP contribution in [0.15, 0.2) is 34.0 Å².